The van der Waals surface area contributed by atoms with E-state index in [1.807, 2.05) is 0 Å². The van der Waals surface area contributed by atoms with Crippen LogP contribution >= 0.6 is 0 Å². The second-order valence-corrected chi connectivity index (χ2v) is 5.55. The van der Waals surface area contributed by atoms with Crippen molar-refractivity contribution in [3.63, 3.8) is 0 Å². The number of aliphatic hydroxyl groups excluding tert-OH is 1. The Morgan fingerprint density at radius 2 is 1.33 bits per heavy atom. The maximum atomic E-state index is 8.77. The first kappa shape index (κ1) is 17.9. The van der Waals surface area contributed by atoms with Crippen molar-refractivity contribution in [2.75, 3.05) is 13.2 Å². The van der Waals surface area contributed by atoms with Crippen molar-refractivity contribution in [2.45, 2.75) is 90.5 Å². The van der Waals surface area contributed by atoms with Gasteiger partial charge in [0.25, 0.3) is 0 Å². The van der Waals surface area contributed by atoms with Gasteiger partial charge in [0, 0.05) is 12.6 Å². The van der Waals surface area contributed by atoms with Crippen molar-refractivity contribution in [3.05, 3.63) is 0 Å². The van der Waals surface area contributed by atoms with E-state index in [1.165, 1.54) is 64.2 Å². The summed E-state index contributed by atoms with van der Waals surface area (Å²) in [6, 6.07) is 0.466. The van der Waals surface area contributed by atoms with Gasteiger partial charge in [0.05, 0.1) is 0 Å². The summed E-state index contributed by atoms with van der Waals surface area (Å²) in [4.78, 5) is 0. The van der Waals surface area contributed by atoms with E-state index in [-0.39, 0.29) is 0 Å². The Balaban J connectivity index is 2.98. The molecule has 0 aliphatic rings. The lowest BCUT2D eigenvalue weighted by atomic mass is 10.1. The third-order valence-corrected chi connectivity index (χ3v) is 3.59. The summed E-state index contributed by atoms with van der Waals surface area (Å²) in [6.07, 6.45) is 14.8. The van der Waals surface area contributed by atoms with E-state index in [1.54, 1.807) is 0 Å². The van der Waals surface area contributed by atoms with Crippen LogP contribution in [0.15, 0.2) is 0 Å². The van der Waals surface area contributed by atoms with Crippen LogP contribution in [0, 0.1) is 0 Å². The maximum Gasteiger partial charge on any atom is 0.0445 e. The minimum Gasteiger partial charge on any atom is -0.396 e. The van der Waals surface area contributed by atoms with Gasteiger partial charge in [-0.1, -0.05) is 64.7 Å². The summed E-state index contributed by atoms with van der Waals surface area (Å²) in [5.41, 5.74) is 0. The maximum absolute atomic E-state index is 8.77. The van der Waals surface area contributed by atoms with Gasteiger partial charge in [-0.3, -0.25) is 0 Å². The summed E-state index contributed by atoms with van der Waals surface area (Å²) in [7, 11) is 0. The molecule has 0 aromatic rings. The van der Waals surface area contributed by atoms with Crippen molar-refractivity contribution in [2.24, 2.45) is 0 Å². The predicted octanol–water partition coefficient (Wildman–Crippen LogP) is 4.27. The Labute approximate surface area is 115 Å². The molecule has 2 nitrogen and oxygen atoms in total. The van der Waals surface area contributed by atoms with Crippen LogP contribution in [0.5, 0.6) is 0 Å². The Morgan fingerprint density at radius 3 is 1.83 bits per heavy atom. The quantitative estimate of drug-likeness (QED) is 0.456. The van der Waals surface area contributed by atoms with Crippen LogP contribution in [0.25, 0.3) is 0 Å². The minimum atomic E-state index is 0.298. The van der Waals surface area contributed by atoms with E-state index in [0.717, 1.165) is 13.0 Å². The van der Waals surface area contributed by atoms with Crippen LogP contribution in [-0.2, 0) is 0 Å². The van der Waals surface area contributed by atoms with Gasteiger partial charge in [-0.05, 0) is 26.3 Å². The molecule has 2 heteroatoms. The lowest BCUT2D eigenvalue weighted by Crippen LogP contribution is -2.27. The summed E-state index contributed by atoms with van der Waals surface area (Å²) in [5, 5.41) is 12.2. The topological polar surface area (TPSA) is 32.3 Å². The smallest absolute Gasteiger partial charge is 0.0445 e. The van der Waals surface area contributed by atoms with Crippen molar-refractivity contribution in [1.29, 1.82) is 0 Å². The van der Waals surface area contributed by atoms with Gasteiger partial charge in [-0.25, -0.2) is 0 Å². The third-order valence-electron chi connectivity index (χ3n) is 3.59. The molecule has 0 rings (SSSR count). The molecule has 0 saturated heterocycles. The molecule has 18 heavy (non-hydrogen) atoms. The van der Waals surface area contributed by atoms with Gasteiger partial charge in [0.15, 0.2) is 0 Å². The molecule has 0 fully saturated rings. The summed E-state index contributed by atoms with van der Waals surface area (Å²) < 4.78 is 0. The summed E-state index contributed by atoms with van der Waals surface area (Å²) in [5.74, 6) is 0. The van der Waals surface area contributed by atoms with Crippen LogP contribution in [0.2, 0.25) is 0 Å². The van der Waals surface area contributed by atoms with Crippen molar-refractivity contribution < 1.29 is 5.11 Å². The van der Waals surface area contributed by atoms with E-state index >= 15 is 0 Å². The molecule has 1 unspecified atom stereocenters. The number of hydrogen-bond acceptors (Lipinski definition) is 2. The molecular formula is C16H35NO. The number of rotatable bonds is 14. The van der Waals surface area contributed by atoms with Gasteiger partial charge in [-0.2, -0.15) is 0 Å². The molecule has 0 amide bonds. The Bertz CT molecular complexity index is 150. The zero-order valence-electron chi connectivity index (χ0n) is 12.7. The normalized spacial score (nSPS) is 12.8. The van der Waals surface area contributed by atoms with E-state index in [9.17, 15) is 0 Å². The van der Waals surface area contributed by atoms with Gasteiger partial charge < -0.3 is 10.4 Å². The van der Waals surface area contributed by atoms with Gasteiger partial charge >= 0.3 is 0 Å². The highest BCUT2D eigenvalue weighted by atomic mass is 16.3. The molecule has 0 aromatic carbocycles. The average molecular weight is 257 g/mol. The van der Waals surface area contributed by atoms with E-state index in [4.69, 9.17) is 5.11 Å². The van der Waals surface area contributed by atoms with Gasteiger partial charge in [0.1, 0.15) is 0 Å². The molecule has 2 N–H and O–H groups in total. The fraction of sp³-hybridized carbons (Fsp3) is 1.00. The third kappa shape index (κ3) is 14.0. The van der Waals surface area contributed by atoms with E-state index in [0.29, 0.717) is 12.6 Å². The van der Waals surface area contributed by atoms with Crippen molar-refractivity contribution in [3.8, 4) is 0 Å². The number of unbranched alkanes of at least 4 members (excludes halogenated alkanes) is 9. The van der Waals surface area contributed by atoms with Crippen LogP contribution in [0.3, 0.4) is 0 Å². The zero-order valence-corrected chi connectivity index (χ0v) is 12.7. The fourth-order valence-corrected chi connectivity index (χ4v) is 2.26. The second kappa shape index (κ2) is 15.0. The Kier molecular flexibility index (Phi) is 14.9. The standard InChI is InChI=1S/C16H35NO/c1-3-4-5-6-7-8-9-10-11-12-14-17-16(2)13-15-18/h16-18H,3-15H2,1-2H3. The molecule has 0 saturated carbocycles. The number of nitrogens with one attached hydrogen (secondary N) is 1. The van der Waals surface area contributed by atoms with Gasteiger partial charge in [0.2, 0.25) is 0 Å². The monoisotopic (exact) mass is 257 g/mol. The Morgan fingerprint density at radius 1 is 0.833 bits per heavy atom. The first-order valence-electron chi connectivity index (χ1n) is 8.15. The molecular weight excluding hydrogens is 222 g/mol. The summed E-state index contributed by atoms with van der Waals surface area (Å²) >= 11 is 0. The van der Waals surface area contributed by atoms with Crippen LogP contribution < -0.4 is 5.32 Å². The zero-order chi connectivity index (χ0) is 13.5. The second-order valence-electron chi connectivity index (χ2n) is 5.55. The van der Waals surface area contributed by atoms with Crippen molar-refractivity contribution in [1.82, 2.24) is 5.32 Å². The van der Waals surface area contributed by atoms with E-state index in [2.05, 4.69) is 19.2 Å². The average Bonchev–Trinajstić information content (AvgIpc) is 2.36. The highest BCUT2D eigenvalue weighted by Crippen LogP contribution is 2.10. The molecule has 0 heterocycles. The molecule has 0 radical (unpaired) electrons. The first-order valence-corrected chi connectivity index (χ1v) is 8.15. The largest absolute Gasteiger partial charge is 0.396 e. The minimum absolute atomic E-state index is 0.298. The lowest BCUT2D eigenvalue weighted by Gasteiger charge is -2.11. The molecule has 110 valence electrons. The number of hydrogen-bond donors (Lipinski definition) is 2. The molecule has 0 aliphatic heterocycles. The fourth-order valence-electron chi connectivity index (χ4n) is 2.26. The molecule has 0 aliphatic carbocycles. The highest BCUT2D eigenvalue weighted by molar-refractivity contribution is 4.59. The Hall–Kier alpha value is -0.0800. The first-order chi connectivity index (χ1) is 8.81. The molecule has 0 aromatic heterocycles. The predicted molar refractivity (Wildman–Crippen MR) is 81.0 cm³/mol. The lowest BCUT2D eigenvalue weighted by molar-refractivity contribution is 0.269. The summed E-state index contributed by atoms with van der Waals surface area (Å²) in [6.45, 7) is 5.83. The number of aliphatic hydroxyl groups is 1. The molecule has 0 bridgehead atoms. The molecule has 1 atom stereocenters. The SMILES string of the molecule is CCCCCCCCCCCCNC(C)CCO. The van der Waals surface area contributed by atoms with E-state index < -0.39 is 0 Å². The molecule has 0 spiro atoms. The van der Waals surface area contributed by atoms with Gasteiger partial charge in [-0.15, -0.1) is 0 Å². The van der Waals surface area contributed by atoms with Crippen LogP contribution in [0.1, 0.15) is 84.5 Å². The van der Waals surface area contributed by atoms with Crippen molar-refractivity contribution >= 4 is 0 Å². The highest BCUT2D eigenvalue weighted by Gasteiger charge is 1.98. The van der Waals surface area contributed by atoms with Crippen LogP contribution in [0.4, 0.5) is 0 Å². The van der Waals surface area contributed by atoms with Crippen LogP contribution in [-0.4, -0.2) is 24.3 Å².